The molecule has 13 heavy (non-hydrogen) atoms. The first-order valence-electron chi connectivity index (χ1n) is 3.93. The van der Waals surface area contributed by atoms with Crippen LogP contribution >= 0.6 is 23.4 Å². The fourth-order valence-corrected chi connectivity index (χ4v) is 1.58. The molecule has 0 radical (unpaired) electrons. The minimum atomic E-state index is 0.160. The fraction of sp³-hybridized carbons (Fsp3) is 0.300. The van der Waals surface area contributed by atoms with E-state index in [2.05, 4.69) is 0 Å². The molecule has 0 aliphatic carbocycles. The summed E-state index contributed by atoms with van der Waals surface area (Å²) in [4.78, 5) is 11.4. The molecule has 1 rings (SSSR count). The standard InChI is InChI=1S/C10H11ClOS/c1-7-5-8(3-4-9(7)11)10(12)6-13-2/h3-5H,6H2,1-2H3. The molecule has 0 spiro atoms. The number of carbonyl (C=O) groups is 1. The SMILES string of the molecule is CSCC(=O)c1ccc(Cl)c(C)c1. The van der Waals surface area contributed by atoms with Crippen molar-refractivity contribution in [2.45, 2.75) is 6.92 Å². The number of ketones is 1. The van der Waals surface area contributed by atoms with Gasteiger partial charge < -0.3 is 0 Å². The average Bonchev–Trinajstić information content (AvgIpc) is 2.10. The Morgan fingerprint density at radius 3 is 2.77 bits per heavy atom. The zero-order valence-electron chi connectivity index (χ0n) is 7.63. The van der Waals surface area contributed by atoms with E-state index in [9.17, 15) is 4.79 Å². The predicted molar refractivity (Wildman–Crippen MR) is 58.9 cm³/mol. The lowest BCUT2D eigenvalue weighted by atomic mass is 10.1. The molecule has 3 heteroatoms. The molecule has 0 aliphatic rings. The van der Waals surface area contributed by atoms with Gasteiger partial charge in [0, 0.05) is 10.6 Å². The van der Waals surface area contributed by atoms with Gasteiger partial charge in [-0.3, -0.25) is 4.79 Å². The Kier molecular flexibility index (Phi) is 3.82. The van der Waals surface area contributed by atoms with Gasteiger partial charge in [-0.1, -0.05) is 11.6 Å². The third-order valence-corrected chi connectivity index (χ3v) is 2.73. The summed E-state index contributed by atoms with van der Waals surface area (Å²) in [6, 6.07) is 5.37. The van der Waals surface area contributed by atoms with Gasteiger partial charge in [0.05, 0.1) is 5.75 Å². The largest absolute Gasteiger partial charge is 0.293 e. The number of carbonyl (C=O) groups excluding carboxylic acids is 1. The van der Waals surface area contributed by atoms with Crippen LogP contribution in [0.2, 0.25) is 5.02 Å². The lowest BCUT2D eigenvalue weighted by Crippen LogP contribution is -2.01. The fourth-order valence-electron chi connectivity index (χ4n) is 1.03. The summed E-state index contributed by atoms with van der Waals surface area (Å²) in [7, 11) is 0. The van der Waals surface area contributed by atoms with Crippen LogP contribution in [0.25, 0.3) is 0 Å². The Labute approximate surface area is 87.5 Å². The molecule has 0 amide bonds. The van der Waals surface area contributed by atoms with Crippen molar-refractivity contribution in [1.29, 1.82) is 0 Å². The van der Waals surface area contributed by atoms with Crippen molar-refractivity contribution in [3.63, 3.8) is 0 Å². The molecular formula is C10H11ClOS. The zero-order valence-corrected chi connectivity index (χ0v) is 9.21. The van der Waals surface area contributed by atoms with Crippen molar-refractivity contribution in [3.05, 3.63) is 34.3 Å². The van der Waals surface area contributed by atoms with E-state index in [1.807, 2.05) is 19.2 Å². The lowest BCUT2D eigenvalue weighted by molar-refractivity contribution is 0.102. The van der Waals surface area contributed by atoms with E-state index in [0.29, 0.717) is 10.8 Å². The van der Waals surface area contributed by atoms with E-state index >= 15 is 0 Å². The van der Waals surface area contributed by atoms with Crippen molar-refractivity contribution < 1.29 is 4.79 Å². The molecular weight excluding hydrogens is 204 g/mol. The van der Waals surface area contributed by atoms with Crippen molar-refractivity contribution in [2.24, 2.45) is 0 Å². The molecule has 0 fully saturated rings. The van der Waals surface area contributed by atoms with E-state index in [4.69, 9.17) is 11.6 Å². The van der Waals surface area contributed by atoms with Gasteiger partial charge in [0.15, 0.2) is 5.78 Å². The molecule has 0 atom stereocenters. The summed E-state index contributed by atoms with van der Waals surface area (Å²) < 4.78 is 0. The van der Waals surface area contributed by atoms with Crippen molar-refractivity contribution >= 4 is 29.1 Å². The minimum Gasteiger partial charge on any atom is -0.293 e. The van der Waals surface area contributed by atoms with Crippen LogP contribution in [-0.2, 0) is 0 Å². The lowest BCUT2D eigenvalue weighted by Gasteiger charge is -2.01. The number of rotatable bonds is 3. The van der Waals surface area contributed by atoms with Gasteiger partial charge in [0.25, 0.3) is 0 Å². The van der Waals surface area contributed by atoms with Gasteiger partial charge in [-0.15, -0.1) is 0 Å². The van der Waals surface area contributed by atoms with E-state index in [1.54, 1.807) is 12.1 Å². The number of Topliss-reactive ketones (excluding diaryl/α,β-unsaturated/α-hetero) is 1. The van der Waals surface area contributed by atoms with Crippen LogP contribution in [0.4, 0.5) is 0 Å². The molecule has 70 valence electrons. The number of hydrogen-bond acceptors (Lipinski definition) is 2. The first-order valence-corrected chi connectivity index (χ1v) is 5.70. The van der Waals surface area contributed by atoms with Gasteiger partial charge in [-0.2, -0.15) is 11.8 Å². The highest BCUT2D eigenvalue weighted by molar-refractivity contribution is 7.99. The Bertz CT molecular complexity index is 323. The highest BCUT2D eigenvalue weighted by Crippen LogP contribution is 2.17. The topological polar surface area (TPSA) is 17.1 Å². The Morgan fingerprint density at radius 2 is 2.23 bits per heavy atom. The van der Waals surface area contributed by atoms with Gasteiger partial charge in [-0.25, -0.2) is 0 Å². The Hall–Kier alpha value is -0.470. The number of aryl methyl sites for hydroxylation is 1. The second-order valence-corrected chi connectivity index (χ2v) is 4.09. The number of benzene rings is 1. The van der Waals surface area contributed by atoms with Gasteiger partial charge in [0.2, 0.25) is 0 Å². The van der Waals surface area contributed by atoms with Crippen LogP contribution in [-0.4, -0.2) is 17.8 Å². The van der Waals surface area contributed by atoms with Crippen molar-refractivity contribution in [2.75, 3.05) is 12.0 Å². The second-order valence-electron chi connectivity index (χ2n) is 2.82. The van der Waals surface area contributed by atoms with Crippen molar-refractivity contribution in [1.82, 2.24) is 0 Å². The summed E-state index contributed by atoms with van der Waals surface area (Å²) in [5.41, 5.74) is 1.70. The maximum atomic E-state index is 11.4. The quantitative estimate of drug-likeness (QED) is 0.719. The first kappa shape index (κ1) is 10.6. The first-order chi connectivity index (χ1) is 6.15. The summed E-state index contributed by atoms with van der Waals surface area (Å²) in [5, 5.41) is 0.709. The highest BCUT2D eigenvalue weighted by atomic mass is 35.5. The van der Waals surface area contributed by atoms with Crippen LogP contribution in [0.5, 0.6) is 0 Å². The normalized spacial score (nSPS) is 10.1. The molecule has 0 bridgehead atoms. The smallest absolute Gasteiger partial charge is 0.172 e. The molecule has 1 aromatic rings. The minimum absolute atomic E-state index is 0.160. The number of thioether (sulfide) groups is 1. The summed E-state index contributed by atoms with van der Waals surface area (Å²) in [6.07, 6.45) is 1.92. The average molecular weight is 215 g/mol. The maximum Gasteiger partial charge on any atom is 0.172 e. The molecule has 0 N–H and O–H groups in total. The number of hydrogen-bond donors (Lipinski definition) is 0. The summed E-state index contributed by atoms with van der Waals surface area (Å²) >= 11 is 7.38. The molecule has 0 aliphatic heterocycles. The molecule has 0 saturated heterocycles. The monoisotopic (exact) mass is 214 g/mol. The van der Waals surface area contributed by atoms with Gasteiger partial charge >= 0.3 is 0 Å². The van der Waals surface area contributed by atoms with E-state index < -0.39 is 0 Å². The van der Waals surface area contributed by atoms with Crippen LogP contribution in [0.15, 0.2) is 18.2 Å². The highest BCUT2D eigenvalue weighted by Gasteiger charge is 2.05. The second kappa shape index (κ2) is 4.68. The zero-order chi connectivity index (χ0) is 9.84. The van der Waals surface area contributed by atoms with Gasteiger partial charge in [-0.05, 0) is 36.9 Å². The maximum absolute atomic E-state index is 11.4. The van der Waals surface area contributed by atoms with Crippen LogP contribution < -0.4 is 0 Å². The molecule has 0 saturated carbocycles. The van der Waals surface area contributed by atoms with E-state index in [0.717, 1.165) is 11.1 Å². The molecule has 0 heterocycles. The van der Waals surface area contributed by atoms with Crippen LogP contribution in [0, 0.1) is 6.92 Å². The third-order valence-electron chi connectivity index (χ3n) is 1.76. The third kappa shape index (κ3) is 2.75. The van der Waals surface area contributed by atoms with E-state index in [-0.39, 0.29) is 5.78 Å². The van der Waals surface area contributed by atoms with Gasteiger partial charge in [0.1, 0.15) is 0 Å². The predicted octanol–water partition coefficient (Wildman–Crippen LogP) is 3.19. The molecule has 0 aromatic heterocycles. The Morgan fingerprint density at radius 1 is 1.54 bits per heavy atom. The van der Waals surface area contributed by atoms with Crippen LogP contribution in [0.1, 0.15) is 15.9 Å². The van der Waals surface area contributed by atoms with E-state index in [1.165, 1.54) is 11.8 Å². The Balaban J connectivity index is 2.90. The summed E-state index contributed by atoms with van der Waals surface area (Å²) in [6.45, 7) is 1.90. The molecule has 1 nitrogen and oxygen atoms in total. The number of halogens is 1. The summed E-state index contributed by atoms with van der Waals surface area (Å²) in [5.74, 6) is 0.688. The van der Waals surface area contributed by atoms with Crippen molar-refractivity contribution in [3.8, 4) is 0 Å². The molecule has 1 aromatic carbocycles. The molecule has 0 unspecified atom stereocenters. The van der Waals surface area contributed by atoms with Crippen LogP contribution in [0.3, 0.4) is 0 Å².